The molecule has 0 spiro atoms. The second-order valence-corrected chi connectivity index (χ2v) is 6.78. The lowest BCUT2D eigenvalue weighted by Crippen LogP contribution is -2.13. The first-order valence-corrected chi connectivity index (χ1v) is 8.83. The van der Waals surface area contributed by atoms with E-state index in [1.54, 1.807) is 0 Å². The molecule has 0 fully saturated rings. The van der Waals surface area contributed by atoms with Crippen LogP contribution in [0.5, 0.6) is 0 Å². The summed E-state index contributed by atoms with van der Waals surface area (Å²) >= 11 is 0. The van der Waals surface area contributed by atoms with E-state index < -0.39 is 5.97 Å². The van der Waals surface area contributed by atoms with E-state index in [9.17, 15) is 4.79 Å². The van der Waals surface area contributed by atoms with Gasteiger partial charge in [-0.3, -0.25) is 0 Å². The van der Waals surface area contributed by atoms with Gasteiger partial charge in [-0.15, -0.1) is 0 Å². The number of anilines is 1. The van der Waals surface area contributed by atoms with Gasteiger partial charge >= 0.3 is 5.97 Å². The third kappa shape index (κ3) is 3.63. The Labute approximate surface area is 148 Å². The Morgan fingerprint density at radius 1 is 1.36 bits per heavy atom. The van der Waals surface area contributed by atoms with E-state index in [0.717, 1.165) is 37.5 Å². The van der Waals surface area contributed by atoms with Gasteiger partial charge in [0.25, 0.3) is 0 Å². The number of nitrogens with zero attached hydrogens (tertiary/aromatic N) is 1. The first-order chi connectivity index (χ1) is 12.0. The minimum atomic E-state index is -0.960. The van der Waals surface area contributed by atoms with Crippen molar-refractivity contribution in [3.8, 4) is 0 Å². The predicted octanol–water partition coefficient (Wildman–Crippen LogP) is 4.47. The molecule has 1 heterocycles. The van der Waals surface area contributed by atoms with E-state index in [2.05, 4.69) is 44.1 Å². The van der Waals surface area contributed by atoms with Crippen molar-refractivity contribution >= 4 is 17.7 Å². The van der Waals surface area contributed by atoms with Gasteiger partial charge in [-0.1, -0.05) is 19.1 Å². The van der Waals surface area contributed by atoms with Gasteiger partial charge in [0.15, 0.2) is 0 Å². The van der Waals surface area contributed by atoms with Gasteiger partial charge in [0.1, 0.15) is 11.5 Å². The van der Waals surface area contributed by atoms with Crippen LogP contribution in [0.1, 0.15) is 53.9 Å². The van der Waals surface area contributed by atoms with Gasteiger partial charge in [0.2, 0.25) is 0 Å². The topological polar surface area (TPSA) is 53.7 Å². The molecule has 1 unspecified atom stereocenters. The summed E-state index contributed by atoms with van der Waals surface area (Å²) in [6, 6.07) is 8.74. The average Bonchev–Trinajstić information content (AvgIpc) is 3.02. The van der Waals surface area contributed by atoms with E-state index in [1.807, 2.05) is 6.07 Å². The number of aliphatic carboxylic acids is 1. The summed E-state index contributed by atoms with van der Waals surface area (Å²) in [5.41, 5.74) is 5.14. The maximum atomic E-state index is 10.7. The molecule has 4 nitrogen and oxygen atoms in total. The number of aryl methyl sites for hydroxylation is 2. The maximum absolute atomic E-state index is 10.7. The summed E-state index contributed by atoms with van der Waals surface area (Å²) in [5.74, 6) is 0.981. The smallest absolute Gasteiger partial charge is 0.328 e. The molecule has 1 aromatic carbocycles. The van der Waals surface area contributed by atoms with Crippen molar-refractivity contribution in [1.29, 1.82) is 0 Å². The normalized spacial score (nSPS) is 16.8. The molecule has 0 bridgehead atoms. The highest BCUT2D eigenvalue weighted by molar-refractivity contribution is 5.84. The number of carbonyl (C=O) groups is 1. The van der Waals surface area contributed by atoms with Crippen LogP contribution in [-0.4, -0.2) is 25.2 Å². The van der Waals surface area contributed by atoms with Crippen LogP contribution in [-0.2, 0) is 17.6 Å². The number of benzene rings is 1. The van der Waals surface area contributed by atoms with Crippen LogP contribution in [0.3, 0.4) is 0 Å². The van der Waals surface area contributed by atoms with E-state index in [0.29, 0.717) is 11.7 Å². The van der Waals surface area contributed by atoms with Crippen molar-refractivity contribution in [3.63, 3.8) is 0 Å². The molecule has 1 aliphatic rings. The number of furan rings is 1. The fraction of sp³-hybridized carbons (Fsp3) is 0.381. The second-order valence-electron chi connectivity index (χ2n) is 6.78. The van der Waals surface area contributed by atoms with Gasteiger partial charge in [0, 0.05) is 43.8 Å². The molecular weight excluding hydrogens is 314 g/mol. The van der Waals surface area contributed by atoms with E-state index in [4.69, 9.17) is 9.52 Å². The molecule has 132 valence electrons. The van der Waals surface area contributed by atoms with Crippen LogP contribution in [0.25, 0.3) is 6.08 Å². The molecular formula is C21H25NO3. The van der Waals surface area contributed by atoms with Crippen LogP contribution in [0, 0.1) is 0 Å². The molecule has 1 aromatic heterocycles. The predicted molar refractivity (Wildman–Crippen MR) is 100 cm³/mol. The van der Waals surface area contributed by atoms with Crippen LogP contribution in [0.2, 0.25) is 0 Å². The SMILES string of the molecule is CCc1cc(C2CCCc3oc(C=CC(=O)O)cc32)ccc1N(C)C. The van der Waals surface area contributed by atoms with Crippen molar-refractivity contribution in [2.24, 2.45) is 0 Å². The first kappa shape index (κ1) is 17.3. The summed E-state index contributed by atoms with van der Waals surface area (Å²) in [4.78, 5) is 12.9. The Hall–Kier alpha value is -2.49. The highest BCUT2D eigenvalue weighted by Crippen LogP contribution is 2.39. The zero-order valence-electron chi connectivity index (χ0n) is 15.1. The molecule has 4 heteroatoms. The molecule has 1 atom stereocenters. The number of hydrogen-bond donors (Lipinski definition) is 1. The maximum Gasteiger partial charge on any atom is 0.328 e. The van der Waals surface area contributed by atoms with Gasteiger partial charge < -0.3 is 14.4 Å². The average molecular weight is 339 g/mol. The fourth-order valence-electron chi connectivity index (χ4n) is 3.70. The molecule has 0 radical (unpaired) electrons. The Bertz CT molecular complexity index is 801. The molecule has 0 aliphatic heterocycles. The molecule has 1 aliphatic carbocycles. The lowest BCUT2D eigenvalue weighted by atomic mass is 9.81. The van der Waals surface area contributed by atoms with Crippen LogP contribution in [0.4, 0.5) is 5.69 Å². The Morgan fingerprint density at radius 2 is 2.16 bits per heavy atom. The van der Waals surface area contributed by atoms with Crippen molar-refractivity contribution in [1.82, 2.24) is 0 Å². The monoisotopic (exact) mass is 339 g/mol. The highest BCUT2D eigenvalue weighted by atomic mass is 16.4. The summed E-state index contributed by atoms with van der Waals surface area (Å²) in [7, 11) is 4.15. The third-order valence-electron chi connectivity index (χ3n) is 4.89. The standard InChI is InChI=1S/C21H25NO3/c1-4-14-12-15(8-10-19(14)22(2)3)17-6-5-7-20-18(17)13-16(25-20)9-11-21(23)24/h8-13,17H,4-7H2,1-3H3,(H,23,24). The van der Waals surface area contributed by atoms with Crippen molar-refractivity contribution < 1.29 is 14.3 Å². The van der Waals surface area contributed by atoms with E-state index in [1.165, 1.54) is 28.5 Å². The van der Waals surface area contributed by atoms with Crippen molar-refractivity contribution in [2.75, 3.05) is 19.0 Å². The van der Waals surface area contributed by atoms with Crippen LogP contribution < -0.4 is 4.90 Å². The van der Waals surface area contributed by atoms with Crippen LogP contribution >= 0.6 is 0 Å². The number of carboxylic acid groups (broad SMARTS) is 1. The van der Waals surface area contributed by atoms with Gasteiger partial charge in [-0.05, 0) is 48.6 Å². The number of rotatable bonds is 5. The number of fused-ring (bicyclic) bond motifs is 1. The Kier molecular flexibility index (Phi) is 4.98. The summed E-state index contributed by atoms with van der Waals surface area (Å²) in [5, 5.41) is 8.80. The summed E-state index contributed by atoms with van der Waals surface area (Å²) in [6.07, 6.45) is 6.76. The third-order valence-corrected chi connectivity index (χ3v) is 4.89. The minimum Gasteiger partial charge on any atom is -0.478 e. The zero-order chi connectivity index (χ0) is 18.0. The largest absolute Gasteiger partial charge is 0.478 e. The minimum absolute atomic E-state index is 0.320. The Balaban J connectivity index is 1.96. The number of hydrogen-bond acceptors (Lipinski definition) is 3. The van der Waals surface area contributed by atoms with E-state index in [-0.39, 0.29) is 0 Å². The van der Waals surface area contributed by atoms with Gasteiger partial charge in [-0.2, -0.15) is 0 Å². The Morgan fingerprint density at radius 3 is 2.84 bits per heavy atom. The number of carboxylic acids is 1. The van der Waals surface area contributed by atoms with Crippen molar-refractivity contribution in [3.05, 3.63) is 58.6 Å². The molecule has 25 heavy (non-hydrogen) atoms. The second kappa shape index (κ2) is 7.18. The fourth-order valence-corrected chi connectivity index (χ4v) is 3.70. The molecule has 0 amide bonds. The molecule has 0 saturated carbocycles. The highest BCUT2D eigenvalue weighted by Gasteiger charge is 2.26. The summed E-state index contributed by atoms with van der Waals surface area (Å²) < 4.78 is 5.87. The van der Waals surface area contributed by atoms with Gasteiger partial charge in [0.05, 0.1) is 0 Å². The van der Waals surface area contributed by atoms with E-state index >= 15 is 0 Å². The zero-order valence-corrected chi connectivity index (χ0v) is 15.1. The molecule has 0 saturated heterocycles. The molecule has 1 N–H and O–H groups in total. The lowest BCUT2D eigenvalue weighted by Gasteiger charge is -2.24. The van der Waals surface area contributed by atoms with Crippen molar-refractivity contribution in [2.45, 2.75) is 38.5 Å². The lowest BCUT2D eigenvalue weighted by molar-refractivity contribution is -0.131. The quantitative estimate of drug-likeness (QED) is 0.816. The van der Waals surface area contributed by atoms with Gasteiger partial charge in [-0.25, -0.2) is 4.79 Å². The molecule has 3 rings (SSSR count). The molecule has 2 aromatic rings. The first-order valence-electron chi connectivity index (χ1n) is 8.83. The summed E-state index contributed by atoms with van der Waals surface area (Å²) in [6.45, 7) is 2.19. The van der Waals surface area contributed by atoms with Crippen LogP contribution in [0.15, 0.2) is 34.8 Å².